The Balaban J connectivity index is 1.39. The lowest BCUT2D eigenvalue weighted by molar-refractivity contribution is 0.0741. The zero-order chi connectivity index (χ0) is 21.6. The van der Waals surface area contributed by atoms with Crippen LogP contribution in [0.25, 0.3) is 0 Å². The number of amides is 1. The van der Waals surface area contributed by atoms with Crippen molar-refractivity contribution in [2.75, 3.05) is 31.1 Å². The van der Waals surface area contributed by atoms with Crippen LogP contribution >= 0.6 is 0 Å². The molecule has 0 bridgehead atoms. The molecular weight excluding hydrogens is 388 g/mol. The van der Waals surface area contributed by atoms with Crippen molar-refractivity contribution in [3.8, 4) is 5.75 Å². The molecule has 158 valence electrons. The molecule has 31 heavy (non-hydrogen) atoms. The number of rotatable bonds is 6. The number of ketones is 1. The quantitative estimate of drug-likeness (QED) is 0.560. The summed E-state index contributed by atoms with van der Waals surface area (Å²) in [6.07, 6.45) is 0. The molecule has 1 fully saturated rings. The molecule has 5 nitrogen and oxygen atoms in total. The van der Waals surface area contributed by atoms with Crippen LogP contribution in [0, 0.1) is 0 Å². The Morgan fingerprint density at radius 2 is 1.45 bits per heavy atom. The lowest BCUT2D eigenvalue weighted by Crippen LogP contribution is -2.48. The minimum Gasteiger partial charge on any atom is -0.488 e. The highest BCUT2D eigenvalue weighted by Gasteiger charge is 2.24. The number of carbonyl (C=O) groups is 2. The van der Waals surface area contributed by atoms with Gasteiger partial charge in [-0.1, -0.05) is 42.5 Å². The van der Waals surface area contributed by atoms with Crippen LogP contribution < -0.4 is 9.64 Å². The van der Waals surface area contributed by atoms with Crippen LogP contribution in [0.2, 0.25) is 0 Å². The Bertz CT molecular complexity index is 1040. The summed E-state index contributed by atoms with van der Waals surface area (Å²) < 4.78 is 5.97. The van der Waals surface area contributed by atoms with Gasteiger partial charge in [0.05, 0.1) is 5.56 Å². The maximum atomic E-state index is 13.2. The molecule has 0 aliphatic carbocycles. The first-order chi connectivity index (χ1) is 15.1. The number of anilines is 1. The van der Waals surface area contributed by atoms with Gasteiger partial charge in [-0.05, 0) is 48.9 Å². The number of Topliss-reactive ketones (excluding diaryl/α,β-unsaturated/α-hetero) is 1. The van der Waals surface area contributed by atoms with Gasteiger partial charge >= 0.3 is 0 Å². The second kappa shape index (κ2) is 9.47. The molecule has 0 unspecified atom stereocenters. The molecule has 0 atom stereocenters. The second-order valence-corrected chi connectivity index (χ2v) is 7.65. The topological polar surface area (TPSA) is 49.9 Å². The standard InChI is InChI=1S/C26H26N2O3/c1-20(29)22-11-13-23(14-12-22)27-15-17-28(18-16-27)26(30)24-9-5-6-10-25(24)31-19-21-7-3-2-4-8-21/h2-14H,15-19H2,1H3. The van der Waals surface area contributed by atoms with Crippen LogP contribution in [0.5, 0.6) is 5.75 Å². The van der Waals surface area contributed by atoms with Crippen molar-refractivity contribution in [2.45, 2.75) is 13.5 Å². The van der Waals surface area contributed by atoms with E-state index in [0.29, 0.717) is 36.6 Å². The van der Waals surface area contributed by atoms with Gasteiger partial charge in [-0.2, -0.15) is 0 Å². The summed E-state index contributed by atoms with van der Waals surface area (Å²) in [5, 5.41) is 0. The van der Waals surface area contributed by atoms with Crippen molar-refractivity contribution in [3.05, 3.63) is 95.6 Å². The van der Waals surface area contributed by atoms with E-state index < -0.39 is 0 Å². The molecule has 5 heteroatoms. The highest BCUT2D eigenvalue weighted by molar-refractivity contribution is 5.97. The van der Waals surface area contributed by atoms with E-state index in [4.69, 9.17) is 4.74 Å². The highest BCUT2D eigenvalue weighted by atomic mass is 16.5. The fraction of sp³-hybridized carbons (Fsp3) is 0.231. The van der Waals surface area contributed by atoms with Crippen molar-refractivity contribution in [1.29, 1.82) is 0 Å². The first-order valence-corrected chi connectivity index (χ1v) is 10.5. The zero-order valence-corrected chi connectivity index (χ0v) is 17.7. The van der Waals surface area contributed by atoms with Crippen LogP contribution in [-0.4, -0.2) is 42.8 Å². The van der Waals surface area contributed by atoms with Gasteiger partial charge < -0.3 is 14.5 Å². The van der Waals surface area contributed by atoms with Crippen molar-refractivity contribution >= 4 is 17.4 Å². The third kappa shape index (κ3) is 4.94. The van der Waals surface area contributed by atoms with Crippen LogP contribution in [0.15, 0.2) is 78.9 Å². The number of hydrogen-bond acceptors (Lipinski definition) is 4. The van der Waals surface area contributed by atoms with Crippen molar-refractivity contribution in [2.24, 2.45) is 0 Å². The molecule has 0 aromatic heterocycles. The smallest absolute Gasteiger partial charge is 0.257 e. The monoisotopic (exact) mass is 414 g/mol. The van der Waals surface area contributed by atoms with Crippen LogP contribution in [0.1, 0.15) is 33.2 Å². The van der Waals surface area contributed by atoms with E-state index in [1.54, 1.807) is 6.92 Å². The molecule has 3 aromatic carbocycles. The van der Waals surface area contributed by atoms with Gasteiger partial charge in [-0.15, -0.1) is 0 Å². The minimum atomic E-state index is -0.00441. The second-order valence-electron chi connectivity index (χ2n) is 7.65. The average molecular weight is 415 g/mol. The molecule has 1 heterocycles. The fourth-order valence-electron chi connectivity index (χ4n) is 3.75. The van der Waals surface area contributed by atoms with Gasteiger partial charge in [0.25, 0.3) is 5.91 Å². The summed E-state index contributed by atoms with van der Waals surface area (Å²) in [5.41, 5.74) is 3.44. The van der Waals surface area contributed by atoms with E-state index in [1.807, 2.05) is 83.8 Å². The van der Waals surface area contributed by atoms with Crippen LogP contribution in [-0.2, 0) is 6.61 Å². The number of para-hydroxylation sites is 1. The Labute approximate surface area is 182 Å². The summed E-state index contributed by atoms with van der Waals surface area (Å²) in [6.45, 7) is 4.77. The lowest BCUT2D eigenvalue weighted by Gasteiger charge is -2.36. The molecule has 0 radical (unpaired) electrons. The van der Waals surface area contributed by atoms with Gasteiger partial charge in [0.1, 0.15) is 12.4 Å². The minimum absolute atomic E-state index is 0.00441. The third-order valence-electron chi connectivity index (χ3n) is 5.56. The van der Waals surface area contributed by atoms with Crippen molar-refractivity contribution in [3.63, 3.8) is 0 Å². The van der Waals surface area contributed by atoms with E-state index in [-0.39, 0.29) is 11.7 Å². The predicted molar refractivity (Wildman–Crippen MR) is 122 cm³/mol. The average Bonchev–Trinajstić information content (AvgIpc) is 2.83. The molecule has 1 saturated heterocycles. The van der Waals surface area contributed by atoms with E-state index in [2.05, 4.69) is 4.90 Å². The lowest BCUT2D eigenvalue weighted by atomic mass is 10.1. The Hall–Kier alpha value is -3.60. The molecule has 1 aliphatic heterocycles. The molecule has 3 aromatic rings. The molecule has 1 aliphatic rings. The summed E-state index contributed by atoms with van der Waals surface area (Å²) in [6, 6.07) is 25.0. The van der Waals surface area contributed by atoms with Gasteiger partial charge in [-0.3, -0.25) is 9.59 Å². The van der Waals surface area contributed by atoms with Crippen molar-refractivity contribution in [1.82, 2.24) is 4.90 Å². The fourth-order valence-corrected chi connectivity index (χ4v) is 3.75. The maximum Gasteiger partial charge on any atom is 0.257 e. The summed E-state index contributed by atoms with van der Waals surface area (Å²) in [7, 11) is 0. The van der Waals surface area contributed by atoms with E-state index in [0.717, 1.165) is 24.3 Å². The molecule has 0 saturated carbocycles. The van der Waals surface area contributed by atoms with Crippen LogP contribution in [0.3, 0.4) is 0 Å². The number of ether oxygens (including phenoxy) is 1. The molecular formula is C26H26N2O3. The Morgan fingerprint density at radius 1 is 0.806 bits per heavy atom. The first kappa shape index (κ1) is 20.7. The number of hydrogen-bond donors (Lipinski definition) is 0. The van der Waals surface area contributed by atoms with E-state index in [9.17, 15) is 9.59 Å². The number of carbonyl (C=O) groups excluding carboxylic acids is 2. The Kier molecular flexibility index (Phi) is 6.32. The molecule has 4 rings (SSSR count). The molecule has 0 N–H and O–H groups in total. The summed E-state index contributed by atoms with van der Waals surface area (Å²) in [4.78, 5) is 28.8. The zero-order valence-electron chi connectivity index (χ0n) is 17.7. The SMILES string of the molecule is CC(=O)c1ccc(N2CCN(C(=O)c3ccccc3OCc3ccccc3)CC2)cc1. The van der Waals surface area contributed by atoms with Gasteiger partial charge in [-0.25, -0.2) is 0 Å². The number of piperazine rings is 1. The summed E-state index contributed by atoms with van der Waals surface area (Å²) >= 11 is 0. The predicted octanol–water partition coefficient (Wildman–Crippen LogP) is 4.43. The van der Waals surface area contributed by atoms with Gasteiger partial charge in [0.15, 0.2) is 5.78 Å². The summed E-state index contributed by atoms with van der Waals surface area (Å²) in [5.74, 6) is 0.670. The number of benzene rings is 3. The normalized spacial score (nSPS) is 13.7. The van der Waals surface area contributed by atoms with E-state index >= 15 is 0 Å². The highest BCUT2D eigenvalue weighted by Crippen LogP contribution is 2.23. The third-order valence-corrected chi connectivity index (χ3v) is 5.56. The largest absolute Gasteiger partial charge is 0.488 e. The first-order valence-electron chi connectivity index (χ1n) is 10.5. The molecule has 0 spiro atoms. The van der Waals surface area contributed by atoms with Crippen LogP contribution in [0.4, 0.5) is 5.69 Å². The van der Waals surface area contributed by atoms with Gasteiger partial charge in [0, 0.05) is 37.4 Å². The Morgan fingerprint density at radius 3 is 2.13 bits per heavy atom. The maximum absolute atomic E-state index is 13.2. The van der Waals surface area contributed by atoms with Crippen molar-refractivity contribution < 1.29 is 14.3 Å². The number of nitrogens with zero attached hydrogens (tertiary/aromatic N) is 2. The van der Waals surface area contributed by atoms with E-state index in [1.165, 1.54) is 0 Å². The van der Waals surface area contributed by atoms with Gasteiger partial charge in [0.2, 0.25) is 0 Å². The molecule has 1 amide bonds.